The number of halogens is 1. The van der Waals surface area contributed by atoms with Crippen molar-refractivity contribution in [2.24, 2.45) is 0 Å². The quantitative estimate of drug-likeness (QED) is 0.766. The van der Waals surface area contributed by atoms with Gasteiger partial charge in [0, 0.05) is 4.88 Å². The monoisotopic (exact) mass is 224 g/mol. The summed E-state index contributed by atoms with van der Waals surface area (Å²) in [5.41, 5.74) is 0. The van der Waals surface area contributed by atoms with Crippen LogP contribution >= 0.6 is 22.9 Å². The molecule has 1 aromatic carbocycles. The lowest BCUT2D eigenvalue weighted by atomic mass is 10.3. The Labute approximate surface area is 91.9 Å². The molecular weight excluding hydrogens is 216 g/mol. The van der Waals surface area contributed by atoms with Crippen LogP contribution in [0.4, 0.5) is 0 Å². The zero-order valence-electron chi connectivity index (χ0n) is 7.44. The molecule has 3 heteroatoms. The number of hydrogen-bond donors (Lipinski definition) is 0. The minimum absolute atomic E-state index is 0.585. The van der Waals surface area contributed by atoms with Crippen molar-refractivity contribution in [3.63, 3.8) is 0 Å². The molecule has 14 heavy (non-hydrogen) atoms. The minimum atomic E-state index is 0.585. The summed E-state index contributed by atoms with van der Waals surface area (Å²) >= 11 is 7.62. The largest absolute Gasteiger partial charge is 0.487 e. The molecule has 0 bridgehead atoms. The van der Waals surface area contributed by atoms with Crippen molar-refractivity contribution in [3.8, 4) is 5.75 Å². The van der Waals surface area contributed by atoms with Gasteiger partial charge in [-0.05, 0) is 23.6 Å². The Hall–Kier alpha value is -0.990. The van der Waals surface area contributed by atoms with Crippen molar-refractivity contribution < 1.29 is 4.74 Å². The lowest BCUT2D eigenvalue weighted by Crippen LogP contribution is -1.92. The number of thiophene rings is 1. The highest BCUT2D eigenvalue weighted by molar-refractivity contribution is 7.09. The number of hydrogen-bond acceptors (Lipinski definition) is 2. The molecule has 0 spiro atoms. The van der Waals surface area contributed by atoms with Gasteiger partial charge < -0.3 is 4.74 Å². The van der Waals surface area contributed by atoms with E-state index in [4.69, 9.17) is 16.3 Å². The second kappa shape index (κ2) is 4.49. The molecular formula is C11H9ClOS. The third kappa shape index (κ3) is 2.28. The van der Waals surface area contributed by atoms with E-state index in [-0.39, 0.29) is 0 Å². The summed E-state index contributed by atoms with van der Waals surface area (Å²) in [4.78, 5) is 1.20. The standard InChI is InChI=1S/C11H9ClOS/c12-10-5-1-2-6-11(10)13-8-9-4-3-7-14-9/h1-7H,8H2. The summed E-state index contributed by atoms with van der Waals surface area (Å²) in [5.74, 6) is 0.738. The first kappa shape index (κ1) is 9.56. The topological polar surface area (TPSA) is 9.23 Å². The summed E-state index contributed by atoms with van der Waals surface area (Å²) in [5, 5.41) is 2.69. The highest BCUT2D eigenvalue weighted by Crippen LogP contribution is 2.24. The second-order valence-electron chi connectivity index (χ2n) is 2.80. The predicted molar refractivity (Wildman–Crippen MR) is 60.1 cm³/mol. The molecule has 0 aliphatic carbocycles. The van der Waals surface area contributed by atoms with Gasteiger partial charge in [0.1, 0.15) is 12.4 Å². The summed E-state index contributed by atoms with van der Waals surface area (Å²) in [6.07, 6.45) is 0. The normalized spacial score (nSPS) is 10.1. The van der Waals surface area contributed by atoms with Crippen LogP contribution in [0.25, 0.3) is 0 Å². The highest BCUT2D eigenvalue weighted by atomic mass is 35.5. The van der Waals surface area contributed by atoms with E-state index in [1.54, 1.807) is 11.3 Å². The molecule has 0 unspecified atom stereocenters. The summed E-state index contributed by atoms with van der Waals surface area (Å²) in [6, 6.07) is 11.6. The van der Waals surface area contributed by atoms with E-state index < -0.39 is 0 Å². The first-order valence-electron chi connectivity index (χ1n) is 4.26. The summed E-state index contributed by atoms with van der Waals surface area (Å²) in [7, 11) is 0. The Morgan fingerprint density at radius 1 is 1.14 bits per heavy atom. The van der Waals surface area contributed by atoms with Gasteiger partial charge in [-0.3, -0.25) is 0 Å². The second-order valence-corrected chi connectivity index (χ2v) is 4.24. The molecule has 0 fully saturated rings. The molecule has 2 aromatic rings. The maximum atomic E-state index is 5.94. The van der Waals surface area contributed by atoms with Gasteiger partial charge in [0.15, 0.2) is 0 Å². The molecule has 0 saturated heterocycles. The van der Waals surface area contributed by atoms with Crippen molar-refractivity contribution in [2.45, 2.75) is 6.61 Å². The van der Waals surface area contributed by atoms with E-state index in [0.717, 1.165) is 5.75 Å². The summed E-state index contributed by atoms with van der Waals surface area (Å²) < 4.78 is 5.56. The Morgan fingerprint density at radius 2 is 2.00 bits per heavy atom. The predicted octanol–water partition coefficient (Wildman–Crippen LogP) is 3.98. The number of para-hydroxylation sites is 1. The molecule has 0 saturated carbocycles. The molecule has 0 amide bonds. The smallest absolute Gasteiger partial charge is 0.138 e. The number of benzene rings is 1. The molecule has 2 rings (SSSR count). The van der Waals surface area contributed by atoms with Crippen molar-refractivity contribution in [3.05, 3.63) is 51.7 Å². The van der Waals surface area contributed by atoms with E-state index in [1.165, 1.54) is 4.88 Å². The maximum Gasteiger partial charge on any atom is 0.138 e. The van der Waals surface area contributed by atoms with E-state index in [1.807, 2.05) is 41.8 Å². The van der Waals surface area contributed by atoms with Crippen LogP contribution in [-0.2, 0) is 6.61 Å². The lowest BCUT2D eigenvalue weighted by molar-refractivity contribution is 0.310. The third-order valence-corrected chi connectivity index (χ3v) is 2.95. The first-order valence-corrected chi connectivity index (χ1v) is 5.52. The van der Waals surface area contributed by atoms with Crippen LogP contribution in [0.5, 0.6) is 5.75 Å². The van der Waals surface area contributed by atoms with Crippen molar-refractivity contribution in [1.29, 1.82) is 0 Å². The van der Waals surface area contributed by atoms with Gasteiger partial charge in [0.25, 0.3) is 0 Å². The zero-order chi connectivity index (χ0) is 9.80. The third-order valence-electron chi connectivity index (χ3n) is 1.79. The molecule has 0 aliphatic heterocycles. The van der Waals surface area contributed by atoms with Crippen molar-refractivity contribution in [1.82, 2.24) is 0 Å². The fourth-order valence-electron chi connectivity index (χ4n) is 1.11. The van der Waals surface area contributed by atoms with Gasteiger partial charge in [-0.2, -0.15) is 0 Å². The average molecular weight is 225 g/mol. The molecule has 1 nitrogen and oxygen atoms in total. The van der Waals surface area contributed by atoms with E-state index >= 15 is 0 Å². The van der Waals surface area contributed by atoms with Crippen LogP contribution in [0.2, 0.25) is 5.02 Å². The molecule has 1 aromatic heterocycles. The Morgan fingerprint density at radius 3 is 2.71 bits per heavy atom. The number of rotatable bonds is 3. The fraction of sp³-hybridized carbons (Fsp3) is 0.0909. The maximum absolute atomic E-state index is 5.94. The molecule has 0 aliphatic rings. The van der Waals surface area contributed by atoms with Gasteiger partial charge in [-0.25, -0.2) is 0 Å². The lowest BCUT2D eigenvalue weighted by Gasteiger charge is -2.05. The van der Waals surface area contributed by atoms with Gasteiger partial charge in [0.2, 0.25) is 0 Å². The molecule has 0 radical (unpaired) electrons. The Balaban J connectivity index is 2.02. The van der Waals surface area contributed by atoms with Gasteiger partial charge in [0.05, 0.1) is 5.02 Å². The van der Waals surface area contributed by atoms with E-state index in [9.17, 15) is 0 Å². The SMILES string of the molecule is Clc1ccccc1OCc1cccs1. The first-order chi connectivity index (χ1) is 6.86. The molecule has 1 heterocycles. The number of ether oxygens (including phenoxy) is 1. The van der Waals surface area contributed by atoms with Crippen LogP contribution in [0, 0.1) is 0 Å². The Bertz CT molecular complexity index is 397. The van der Waals surface area contributed by atoms with Crippen molar-refractivity contribution in [2.75, 3.05) is 0 Å². The van der Waals surface area contributed by atoms with Crippen LogP contribution in [0.15, 0.2) is 41.8 Å². The molecule has 0 atom stereocenters. The average Bonchev–Trinajstić information content (AvgIpc) is 2.69. The Kier molecular flexibility index (Phi) is 3.07. The van der Waals surface area contributed by atoms with Crippen molar-refractivity contribution >= 4 is 22.9 Å². The minimum Gasteiger partial charge on any atom is -0.487 e. The van der Waals surface area contributed by atoms with Gasteiger partial charge in [-0.1, -0.05) is 29.8 Å². The van der Waals surface area contributed by atoms with Gasteiger partial charge in [-0.15, -0.1) is 11.3 Å². The van der Waals surface area contributed by atoms with Crippen LogP contribution in [-0.4, -0.2) is 0 Å². The fourth-order valence-corrected chi connectivity index (χ4v) is 1.91. The van der Waals surface area contributed by atoms with Gasteiger partial charge >= 0.3 is 0 Å². The highest BCUT2D eigenvalue weighted by Gasteiger charge is 2.00. The van der Waals surface area contributed by atoms with Crippen LogP contribution < -0.4 is 4.74 Å². The zero-order valence-corrected chi connectivity index (χ0v) is 9.02. The molecule has 0 N–H and O–H groups in total. The van der Waals surface area contributed by atoms with Crippen LogP contribution in [0.1, 0.15) is 4.88 Å². The molecule has 72 valence electrons. The summed E-state index contributed by atoms with van der Waals surface area (Å²) in [6.45, 7) is 0.585. The van der Waals surface area contributed by atoms with E-state index in [2.05, 4.69) is 0 Å². The van der Waals surface area contributed by atoms with E-state index in [0.29, 0.717) is 11.6 Å². The van der Waals surface area contributed by atoms with Crippen LogP contribution in [0.3, 0.4) is 0 Å².